The predicted molar refractivity (Wildman–Crippen MR) is 88.4 cm³/mol. The first-order chi connectivity index (χ1) is 11.2. The van der Waals surface area contributed by atoms with Crippen molar-refractivity contribution >= 4 is 5.91 Å². The number of carbonyl (C=O) groups excluding carboxylic acids is 1. The second-order valence-electron chi connectivity index (χ2n) is 6.61. The van der Waals surface area contributed by atoms with Gasteiger partial charge in [0.2, 0.25) is 0 Å². The number of hydrogen-bond acceptors (Lipinski definition) is 4. The van der Waals surface area contributed by atoms with Crippen LogP contribution in [0.1, 0.15) is 47.9 Å². The molecule has 2 aliphatic rings. The van der Waals surface area contributed by atoms with Crippen molar-refractivity contribution in [1.82, 2.24) is 20.0 Å². The third kappa shape index (κ3) is 3.75. The van der Waals surface area contributed by atoms with E-state index in [0.717, 1.165) is 44.6 Å². The summed E-state index contributed by atoms with van der Waals surface area (Å²) in [6.45, 7) is 6.86. The van der Waals surface area contributed by atoms with Gasteiger partial charge in [-0.05, 0) is 25.2 Å². The van der Waals surface area contributed by atoms with Gasteiger partial charge >= 0.3 is 0 Å². The normalized spacial score (nSPS) is 17.1. The number of amides is 1. The molecule has 0 aromatic carbocycles. The van der Waals surface area contributed by atoms with E-state index in [-0.39, 0.29) is 5.91 Å². The summed E-state index contributed by atoms with van der Waals surface area (Å²) in [6, 6.07) is 0. The molecule has 1 saturated carbocycles. The largest absolute Gasteiger partial charge is 0.383 e. The van der Waals surface area contributed by atoms with Gasteiger partial charge in [-0.1, -0.05) is 6.92 Å². The number of carbonyl (C=O) groups is 1. The average molecular weight is 320 g/mol. The molecule has 1 fully saturated rings. The maximum Gasteiger partial charge on any atom is 0.274 e. The lowest BCUT2D eigenvalue weighted by molar-refractivity contribution is 0.0739. The molecule has 0 atom stereocenters. The number of ether oxygens (including phenoxy) is 1. The fraction of sp³-hybridized carbons (Fsp3) is 0.765. The van der Waals surface area contributed by atoms with E-state index in [0.29, 0.717) is 24.8 Å². The molecule has 2 heterocycles. The van der Waals surface area contributed by atoms with Gasteiger partial charge in [-0.15, -0.1) is 0 Å². The zero-order chi connectivity index (χ0) is 16.2. The molecule has 0 unspecified atom stereocenters. The molecule has 1 N–H and O–H groups in total. The van der Waals surface area contributed by atoms with E-state index in [1.807, 2.05) is 9.58 Å². The Labute approximate surface area is 138 Å². The molecule has 6 heteroatoms. The van der Waals surface area contributed by atoms with Gasteiger partial charge in [0.25, 0.3) is 5.91 Å². The highest BCUT2D eigenvalue weighted by molar-refractivity contribution is 5.94. The third-order valence-electron chi connectivity index (χ3n) is 4.67. The van der Waals surface area contributed by atoms with Gasteiger partial charge in [-0.25, -0.2) is 0 Å². The van der Waals surface area contributed by atoms with Crippen LogP contribution < -0.4 is 5.32 Å². The van der Waals surface area contributed by atoms with Crippen molar-refractivity contribution in [1.29, 1.82) is 0 Å². The minimum atomic E-state index is 0.106. The van der Waals surface area contributed by atoms with Crippen LogP contribution in [0.3, 0.4) is 0 Å². The van der Waals surface area contributed by atoms with Crippen LogP contribution in [0.25, 0.3) is 0 Å². The second kappa shape index (κ2) is 7.45. The maximum atomic E-state index is 13.0. The van der Waals surface area contributed by atoms with Gasteiger partial charge in [-0.2, -0.15) is 5.10 Å². The molecule has 1 aromatic rings. The Morgan fingerprint density at radius 2 is 2.30 bits per heavy atom. The molecule has 1 amide bonds. The van der Waals surface area contributed by atoms with Crippen molar-refractivity contribution in [2.45, 2.75) is 45.7 Å². The lowest BCUT2D eigenvalue weighted by atomic mass is 10.1. The smallest absolute Gasteiger partial charge is 0.274 e. The van der Waals surface area contributed by atoms with Crippen molar-refractivity contribution in [3.8, 4) is 0 Å². The summed E-state index contributed by atoms with van der Waals surface area (Å²) in [7, 11) is 1.70. The molecule has 0 radical (unpaired) electrons. The van der Waals surface area contributed by atoms with Gasteiger partial charge in [-0.3, -0.25) is 9.48 Å². The molecule has 1 aliphatic heterocycles. The average Bonchev–Trinajstić information content (AvgIpc) is 3.31. The van der Waals surface area contributed by atoms with Crippen LogP contribution in [-0.4, -0.2) is 53.9 Å². The van der Waals surface area contributed by atoms with Crippen LogP contribution in [0.5, 0.6) is 0 Å². The fourth-order valence-corrected chi connectivity index (χ4v) is 3.26. The maximum absolute atomic E-state index is 13.0. The van der Waals surface area contributed by atoms with Gasteiger partial charge < -0.3 is 15.0 Å². The molecule has 3 rings (SSSR count). The molecule has 128 valence electrons. The first kappa shape index (κ1) is 16.5. The summed E-state index contributed by atoms with van der Waals surface area (Å²) in [5, 5.41) is 8.04. The van der Waals surface area contributed by atoms with E-state index < -0.39 is 0 Å². The van der Waals surface area contributed by atoms with Crippen LogP contribution in [0.2, 0.25) is 0 Å². The van der Waals surface area contributed by atoms with Crippen LogP contribution in [0, 0.1) is 5.92 Å². The van der Waals surface area contributed by atoms with Gasteiger partial charge in [0.15, 0.2) is 5.69 Å². The van der Waals surface area contributed by atoms with Crippen LogP contribution in [0.15, 0.2) is 0 Å². The summed E-state index contributed by atoms with van der Waals surface area (Å²) in [5.41, 5.74) is 2.94. The standard InChI is InChI=1S/C17H28N4O2/c1-3-8-20(12-13-4-5-13)17(22)16-14-11-18-7-6-15(14)21(19-16)9-10-23-2/h13,18H,3-12H2,1-2H3. The Morgan fingerprint density at radius 1 is 1.48 bits per heavy atom. The minimum absolute atomic E-state index is 0.106. The number of aromatic nitrogens is 2. The van der Waals surface area contributed by atoms with E-state index in [9.17, 15) is 4.79 Å². The van der Waals surface area contributed by atoms with E-state index in [1.165, 1.54) is 18.5 Å². The van der Waals surface area contributed by atoms with E-state index in [4.69, 9.17) is 4.74 Å². The van der Waals surface area contributed by atoms with Crippen molar-refractivity contribution in [2.75, 3.05) is 33.4 Å². The Morgan fingerprint density at radius 3 is 3.00 bits per heavy atom. The molecule has 0 bridgehead atoms. The van der Waals surface area contributed by atoms with Gasteiger partial charge in [0.05, 0.1) is 13.2 Å². The lowest BCUT2D eigenvalue weighted by Gasteiger charge is -2.22. The number of methoxy groups -OCH3 is 1. The molecular weight excluding hydrogens is 292 g/mol. The lowest BCUT2D eigenvalue weighted by Crippen LogP contribution is -2.35. The van der Waals surface area contributed by atoms with Crippen molar-refractivity contribution in [3.63, 3.8) is 0 Å². The zero-order valence-corrected chi connectivity index (χ0v) is 14.3. The summed E-state index contributed by atoms with van der Waals surface area (Å²) in [5.74, 6) is 0.810. The second-order valence-corrected chi connectivity index (χ2v) is 6.61. The molecular formula is C17H28N4O2. The zero-order valence-electron chi connectivity index (χ0n) is 14.3. The minimum Gasteiger partial charge on any atom is -0.383 e. The number of fused-ring (bicyclic) bond motifs is 1. The number of nitrogens with zero attached hydrogens (tertiary/aromatic N) is 3. The third-order valence-corrected chi connectivity index (χ3v) is 4.67. The molecule has 1 aliphatic carbocycles. The van der Waals surface area contributed by atoms with Crippen LogP contribution in [0.4, 0.5) is 0 Å². The van der Waals surface area contributed by atoms with Crippen molar-refractivity contribution < 1.29 is 9.53 Å². The monoisotopic (exact) mass is 320 g/mol. The highest BCUT2D eigenvalue weighted by Crippen LogP contribution is 2.30. The van der Waals surface area contributed by atoms with E-state index >= 15 is 0 Å². The fourth-order valence-electron chi connectivity index (χ4n) is 3.26. The number of hydrogen-bond donors (Lipinski definition) is 1. The Hall–Kier alpha value is -1.40. The molecule has 23 heavy (non-hydrogen) atoms. The Bertz CT molecular complexity index is 551. The van der Waals surface area contributed by atoms with Gasteiger partial charge in [0, 0.05) is 51.0 Å². The highest BCUT2D eigenvalue weighted by Gasteiger charge is 2.31. The topological polar surface area (TPSA) is 59.4 Å². The summed E-state index contributed by atoms with van der Waals surface area (Å²) >= 11 is 0. The number of nitrogens with one attached hydrogen (secondary N) is 1. The molecule has 1 aromatic heterocycles. The first-order valence-electron chi connectivity index (χ1n) is 8.82. The first-order valence-corrected chi connectivity index (χ1v) is 8.82. The number of rotatable bonds is 8. The van der Waals surface area contributed by atoms with Gasteiger partial charge in [0.1, 0.15) is 0 Å². The van der Waals surface area contributed by atoms with Crippen LogP contribution >= 0.6 is 0 Å². The highest BCUT2D eigenvalue weighted by atomic mass is 16.5. The van der Waals surface area contributed by atoms with Crippen molar-refractivity contribution in [3.05, 3.63) is 17.0 Å². The quantitative estimate of drug-likeness (QED) is 0.787. The summed E-state index contributed by atoms with van der Waals surface area (Å²) < 4.78 is 7.16. The van der Waals surface area contributed by atoms with Crippen LogP contribution in [-0.2, 0) is 24.2 Å². The predicted octanol–water partition coefficient (Wildman–Crippen LogP) is 1.44. The Kier molecular flexibility index (Phi) is 5.33. The van der Waals surface area contributed by atoms with E-state index in [2.05, 4.69) is 17.3 Å². The molecule has 6 nitrogen and oxygen atoms in total. The summed E-state index contributed by atoms with van der Waals surface area (Å²) in [4.78, 5) is 15.1. The molecule has 0 spiro atoms. The Balaban J connectivity index is 1.84. The van der Waals surface area contributed by atoms with Crippen molar-refractivity contribution in [2.24, 2.45) is 5.92 Å². The SMILES string of the molecule is CCCN(CC1CC1)C(=O)c1nn(CCOC)c2c1CNCC2. The summed E-state index contributed by atoms with van der Waals surface area (Å²) in [6.07, 6.45) is 4.43. The molecule has 0 saturated heterocycles. The van der Waals surface area contributed by atoms with E-state index in [1.54, 1.807) is 7.11 Å².